The highest BCUT2D eigenvalue weighted by molar-refractivity contribution is 9.12. The van der Waals surface area contributed by atoms with Gasteiger partial charge in [0.05, 0.1) is 6.07 Å². The molecule has 48 valence electrons. The zero-order valence-corrected chi connectivity index (χ0v) is 6.74. The summed E-state index contributed by atoms with van der Waals surface area (Å²) in [6.45, 7) is 0. The van der Waals surface area contributed by atoms with Gasteiger partial charge < -0.3 is 0 Å². The Kier molecular flexibility index (Phi) is 7.14. The average molecular weight is 186 g/mol. The maximum Gasteiger partial charge on any atom is 0.0621 e. The van der Waals surface area contributed by atoms with Gasteiger partial charge in [-0.25, -0.2) is 0 Å². The molecule has 0 saturated carbocycles. The smallest absolute Gasteiger partial charge is 0.0621 e. The predicted octanol–water partition coefficient (Wildman–Crippen LogP) is 2.43. The molecule has 1 nitrogen and oxygen atoms in total. The highest BCUT2D eigenvalue weighted by Crippen LogP contribution is 1.96. The van der Waals surface area contributed by atoms with Crippen molar-refractivity contribution < 1.29 is 0 Å². The summed E-state index contributed by atoms with van der Waals surface area (Å²) in [7, 11) is 0. The highest BCUT2D eigenvalue weighted by atomic mass is 79.9. The van der Waals surface area contributed by atoms with E-state index < -0.39 is 0 Å². The Balaban J connectivity index is 2.91. The van der Waals surface area contributed by atoms with Crippen molar-refractivity contribution in [3.8, 4) is 16.8 Å². The maximum atomic E-state index is 8.13. The second-order valence-electron chi connectivity index (χ2n) is 1.64. The molecular weight excluding hydrogens is 178 g/mol. The average Bonchev–Trinajstić information content (AvgIpc) is 1.89. The molecule has 0 aliphatic carbocycles. The Labute approximate surface area is 64.2 Å². The van der Waals surface area contributed by atoms with Crippen LogP contribution in [-0.4, -0.2) is 0 Å². The van der Waals surface area contributed by atoms with Gasteiger partial charge in [0.15, 0.2) is 0 Å². The third-order valence-electron chi connectivity index (χ3n) is 0.907. The predicted molar refractivity (Wildman–Crippen MR) is 40.8 cm³/mol. The fourth-order valence-electron chi connectivity index (χ4n) is 0.465. The fourth-order valence-corrected chi connectivity index (χ4v) is 0.663. The summed E-state index contributed by atoms with van der Waals surface area (Å²) < 4.78 is 0. The van der Waals surface area contributed by atoms with Crippen LogP contribution in [0.4, 0.5) is 0 Å². The maximum absolute atomic E-state index is 8.13. The van der Waals surface area contributed by atoms with Crippen LogP contribution in [0.25, 0.3) is 0 Å². The fraction of sp³-hybridized carbons (Fsp3) is 0.571. The Bertz CT molecular complexity index is 147. The number of hydrogen-bond donors (Lipinski definition) is 0. The summed E-state index contributed by atoms with van der Waals surface area (Å²) in [6, 6.07) is 2.08. The van der Waals surface area contributed by atoms with Crippen molar-refractivity contribution in [3.63, 3.8) is 0 Å². The number of unbranched alkanes of at least 4 members (excludes halogenated alkanes) is 3. The lowest BCUT2D eigenvalue weighted by atomic mass is 10.2. The molecule has 0 spiro atoms. The molecule has 0 aromatic carbocycles. The van der Waals surface area contributed by atoms with E-state index in [1.165, 1.54) is 0 Å². The highest BCUT2D eigenvalue weighted by Gasteiger charge is 1.82. The van der Waals surface area contributed by atoms with Crippen LogP contribution in [0.15, 0.2) is 0 Å². The molecule has 2 heteroatoms. The van der Waals surface area contributed by atoms with Crippen molar-refractivity contribution in [2.24, 2.45) is 0 Å². The summed E-state index contributed by atoms with van der Waals surface area (Å²) in [5.41, 5.74) is 0. The Hall–Kier alpha value is -0.470. The van der Waals surface area contributed by atoms with Gasteiger partial charge in [0.1, 0.15) is 0 Å². The van der Waals surface area contributed by atoms with Crippen molar-refractivity contribution >= 4 is 15.9 Å². The Morgan fingerprint density at radius 2 is 1.89 bits per heavy atom. The monoisotopic (exact) mass is 185 g/mol. The minimum Gasteiger partial charge on any atom is -0.198 e. The first-order valence-corrected chi connectivity index (χ1v) is 3.66. The van der Waals surface area contributed by atoms with Gasteiger partial charge in [0.25, 0.3) is 0 Å². The van der Waals surface area contributed by atoms with Crippen LogP contribution in [0.2, 0.25) is 0 Å². The molecule has 0 fully saturated rings. The molecule has 0 heterocycles. The second kappa shape index (κ2) is 7.53. The Morgan fingerprint density at radius 3 is 2.44 bits per heavy atom. The van der Waals surface area contributed by atoms with Crippen molar-refractivity contribution in [1.29, 1.82) is 5.26 Å². The standard InChI is InChI=1S/C7H8BrN/c8-6-4-2-1-3-5-7-9/h1-3,5H2. The van der Waals surface area contributed by atoms with Crippen LogP contribution in [0.1, 0.15) is 25.7 Å². The Morgan fingerprint density at radius 1 is 1.22 bits per heavy atom. The van der Waals surface area contributed by atoms with E-state index in [1.807, 2.05) is 0 Å². The molecule has 0 atom stereocenters. The van der Waals surface area contributed by atoms with Crippen molar-refractivity contribution in [2.45, 2.75) is 25.7 Å². The molecule has 0 bridgehead atoms. The third kappa shape index (κ3) is 7.53. The van der Waals surface area contributed by atoms with E-state index >= 15 is 0 Å². The lowest BCUT2D eigenvalue weighted by molar-refractivity contribution is 0.778. The van der Waals surface area contributed by atoms with Crippen LogP contribution >= 0.6 is 15.9 Å². The molecule has 0 saturated heterocycles. The zero-order valence-electron chi connectivity index (χ0n) is 5.15. The number of halogens is 1. The van der Waals surface area contributed by atoms with Gasteiger partial charge in [0.2, 0.25) is 0 Å². The second-order valence-corrected chi connectivity index (χ2v) is 2.03. The molecule has 0 aliphatic heterocycles. The minimum absolute atomic E-state index is 0.657. The largest absolute Gasteiger partial charge is 0.198 e. The molecule has 0 N–H and O–H groups in total. The van der Waals surface area contributed by atoms with E-state index in [0.717, 1.165) is 19.3 Å². The first-order valence-electron chi connectivity index (χ1n) is 2.87. The number of hydrogen-bond acceptors (Lipinski definition) is 1. The molecule has 9 heavy (non-hydrogen) atoms. The van der Waals surface area contributed by atoms with E-state index in [0.29, 0.717) is 6.42 Å². The summed E-state index contributed by atoms with van der Waals surface area (Å²) in [5, 5.41) is 8.13. The topological polar surface area (TPSA) is 23.8 Å². The van der Waals surface area contributed by atoms with Gasteiger partial charge in [-0.05, 0) is 17.7 Å². The minimum atomic E-state index is 0.657. The molecule has 0 unspecified atom stereocenters. The normalized spacial score (nSPS) is 7.11. The molecular formula is C7H8BrN. The van der Waals surface area contributed by atoms with Crippen LogP contribution in [0, 0.1) is 22.1 Å². The van der Waals surface area contributed by atoms with Gasteiger partial charge >= 0.3 is 0 Å². The third-order valence-corrected chi connectivity index (χ3v) is 1.19. The summed E-state index contributed by atoms with van der Waals surface area (Å²) in [6.07, 6.45) is 3.56. The van der Waals surface area contributed by atoms with Crippen molar-refractivity contribution in [3.05, 3.63) is 0 Å². The van der Waals surface area contributed by atoms with Gasteiger partial charge in [-0.1, -0.05) is 5.92 Å². The lowest BCUT2D eigenvalue weighted by Gasteiger charge is -1.85. The van der Waals surface area contributed by atoms with Crippen LogP contribution in [-0.2, 0) is 0 Å². The first-order chi connectivity index (χ1) is 4.41. The molecule has 0 aliphatic rings. The number of nitriles is 1. The van der Waals surface area contributed by atoms with Crippen molar-refractivity contribution in [1.82, 2.24) is 0 Å². The van der Waals surface area contributed by atoms with E-state index in [-0.39, 0.29) is 0 Å². The summed E-state index contributed by atoms with van der Waals surface area (Å²) >= 11 is 2.99. The quantitative estimate of drug-likeness (QED) is 0.490. The van der Waals surface area contributed by atoms with Crippen LogP contribution in [0.5, 0.6) is 0 Å². The lowest BCUT2D eigenvalue weighted by Crippen LogP contribution is -1.71. The first kappa shape index (κ1) is 8.53. The van der Waals surface area contributed by atoms with E-state index in [2.05, 4.69) is 32.7 Å². The SMILES string of the molecule is N#CCCCCC#CBr. The van der Waals surface area contributed by atoms with Crippen LogP contribution < -0.4 is 0 Å². The van der Waals surface area contributed by atoms with Crippen molar-refractivity contribution in [2.75, 3.05) is 0 Å². The number of rotatable bonds is 3. The summed E-state index contributed by atoms with van der Waals surface area (Å²) in [5.74, 6) is 2.86. The zero-order chi connectivity index (χ0) is 6.95. The van der Waals surface area contributed by atoms with Crippen LogP contribution in [0.3, 0.4) is 0 Å². The molecule has 0 amide bonds. The van der Waals surface area contributed by atoms with Gasteiger partial charge in [-0.15, -0.1) is 0 Å². The molecule has 0 aromatic heterocycles. The summed E-state index contributed by atoms with van der Waals surface area (Å²) in [4.78, 5) is 2.62. The van der Waals surface area contributed by atoms with Gasteiger partial charge in [-0.3, -0.25) is 0 Å². The van der Waals surface area contributed by atoms with E-state index in [9.17, 15) is 0 Å². The number of nitrogens with zero attached hydrogens (tertiary/aromatic N) is 1. The molecule has 0 radical (unpaired) electrons. The van der Waals surface area contributed by atoms with Gasteiger partial charge in [-0.2, -0.15) is 5.26 Å². The van der Waals surface area contributed by atoms with E-state index in [1.54, 1.807) is 0 Å². The van der Waals surface area contributed by atoms with E-state index in [4.69, 9.17) is 5.26 Å². The van der Waals surface area contributed by atoms with Gasteiger partial charge in [0, 0.05) is 28.8 Å². The molecule has 0 rings (SSSR count). The molecule has 0 aromatic rings.